The van der Waals surface area contributed by atoms with Gasteiger partial charge >= 0.3 is 0 Å². The number of nitrogens with one attached hydrogen (secondary N) is 1. The number of methoxy groups -OCH3 is 2. The van der Waals surface area contributed by atoms with Crippen molar-refractivity contribution in [3.05, 3.63) is 58.6 Å². The van der Waals surface area contributed by atoms with E-state index in [-0.39, 0.29) is 6.04 Å². The maximum atomic E-state index is 6.56. The quantitative estimate of drug-likeness (QED) is 0.880. The third-order valence-electron chi connectivity index (χ3n) is 4.66. The van der Waals surface area contributed by atoms with Crippen molar-refractivity contribution in [2.75, 3.05) is 40.4 Å². The molecule has 1 heterocycles. The maximum Gasteiger partial charge on any atom is 0.161 e. The van der Waals surface area contributed by atoms with Crippen molar-refractivity contribution >= 4 is 11.6 Å². The zero-order chi connectivity index (χ0) is 17.6. The highest BCUT2D eigenvalue weighted by Crippen LogP contribution is 2.37. The number of hydrogen-bond acceptors (Lipinski definition) is 4. The van der Waals surface area contributed by atoms with E-state index in [1.165, 1.54) is 0 Å². The zero-order valence-electron chi connectivity index (χ0n) is 14.8. The highest BCUT2D eigenvalue weighted by atomic mass is 35.5. The van der Waals surface area contributed by atoms with Gasteiger partial charge in [-0.3, -0.25) is 4.90 Å². The Bertz CT molecular complexity index is 700. The summed E-state index contributed by atoms with van der Waals surface area (Å²) in [7, 11) is 3.32. The van der Waals surface area contributed by atoms with Crippen LogP contribution in [0.3, 0.4) is 0 Å². The van der Waals surface area contributed by atoms with Crippen LogP contribution in [0.15, 0.2) is 42.5 Å². The van der Waals surface area contributed by atoms with Gasteiger partial charge in [-0.05, 0) is 42.3 Å². The molecule has 0 aliphatic carbocycles. The molecule has 0 aromatic heterocycles. The molecular weight excluding hydrogens is 336 g/mol. The molecule has 1 aliphatic rings. The Morgan fingerprint density at radius 2 is 1.80 bits per heavy atom. The molecule has 0 radical (unpaired) electrons. The summed E-state index contributed by atoms with van der Waals surface area (Å²) >= 11 is 6.56. The van der Waals surface area contributed by atoms with Gasteiger partial charge in [-0.1, -0.05) is 35.9 Å². The van der Waals surface area contributed by atoms with Gasteiger partial charge in [0, 0.05) is 24.7 Å². The summed E-state index contributed by atoms with van der Waals surface area (Å²) in [6.45, 7) is 4.04. The molecule has 0 bridgehead atoms. The van der Waals surface area contributed by atoms with Crippen LogP contribution in [0.5, 0.6) is 11.5 Å². The van der Waals surface area contributed by atoms with E-state index in [9.17, 15) is 0 Å². The molecule has 5 heteroatoms. The van der Waals surface area contributed by atoms with E-state index in [4.69, 9.17) is 21.1 Å². The van der Waals surface area contributed by atoms with Gasteiger partial charge in [0.25, 0.3) is 0 Å². The highest BCUT2D eigenvalue weighted by Gasteiger charge is 2.26. The van der Waals surface area contributed by atoms with Gasteiger partial charge in [-0.2, -0.15) is 0 Å². The molecule has 25 heavy (non-hydrogen) atoms. The Balaban J connectivity index is 2.06. The van der Waals surface area contributed by atoms with E-state index in [1.54, 1.807) is 14.2 Å². The number of ether oxygens (including phenoxy) is 2. The molecule has 0 spiro atoms. The molecule has 0 amide bonds. The first-order valence-corrected chi connectivity index (χ1v) is 9.03. The first-order valence-electron chi connectivity index (χ1n) is 8.65. The molecule has 4 nitrogen and oxygen atoms in total. The van der Waals surface area contributed by atoms with E-state index in [2.05, 4.69) is 28.4 Å². The molecule has 1 N–H and O–H groups in total. The fourth-order valence-corrected chi connectivity index (χ4v) is 3.67. The Morgan fingerprint density at radius 3 is 2.56 bits per heavy atom. The molecule has 1 fully saturated rings. The predicted molar refractivity (Wildman–Crippen MR) is 102 cm³/mol. The van der Waals surface area contributed by atoms with E-state index < -0.39 is 0 Å². The average Bonchev–Trinajstić information content (AvgIpc) is 2.92. The topological polar surface area (TPSA) is 33.7 Å². The number of halogens is 1. The minimum absolute atomic E-state index is 0.0911. The van der Waals surface area contributed by atoms with Gasteiger partial charge < -0.3 is 14.8 Å². The smallest absolute Gasteiger partial charge is 0.161 e. The summed E-state index contributed by atoms with van der Waals surface area (Å²) in [6.07, 6.45) is 1.12. The Hall–Kier alpha value is -1.75. The second kappa shape index (κ2) is 8.56. The SMILES string of the molecule is COc1ccc(C(c2ccccc2Cl)N2CCCNCC2)cc1OC. The van der Waals surface area contributed by atoms with Crippen molar-refractivity contribution in [1.82, 2.24) is 10.2 Å². The van der Waals surface area contributed by atoms with Crippen molar-refractivity contribution in [3.63, 3.8) is 0 Å². The minimum Gasteiger partial charge on any atom is -0.493 e. The summed E-state index contributed by atoms with van der Waals surface area (Å²) in [4.78, 5) is 2.49. The fraction of sp³-hybridized carbons (Fsp3) is 0.400. The van der Waals surface area contributed by atoms with Crippen molar-refractivity contribution in [2.45, 2.75) is 12.5 Å². The standard InChI is InChI=1S/C20H25ClN2O2/c1-24-18-9-8-15(14-19(18)25-2)20(16-6-3-4-7-17(16)21)23-12-5-10-22-11-13-23/h3-4,6-9,14,20,22H,5,10-13H2,1-2H3. The molecule has 0 saturated carbocycles. The Labute approximate surface area is 154 Å². The van der Waals surface area contributed by atoms with Crippen LogP contribution in [-0.4, -0.2) is 45.3 Å². The van der Waals surface area contributed by atoms with Gasteiger partial charge in [-0.15, -0.1) is 0 Å². The van der Waals surface area contributed by atoms with Gasteiger partial charge in [0.1, 0.15) is 0 Å². The molecule has 1 aliphatic heterocycles. The van der Waals surface area contributed by atoms with Crippen molar-refractivity contribution in [1.29, 1.82) is 0 Å². The molecular formula is C20H25ClN2O2. The normalized spacial score (nSPS) is 16.9. The largest absolute Gasteiger partial charge is 0.493 e. The molecule has 134 valence electrons. The number of rotatable bonds is 5. The Morgan fingerprint density at radius 1 is 1.00 bits per heavy atom. The fourth-order valence-electron chi connectivity index (χ4n) is 3.43. The lowest BCUT2D eigenvalue weighted by molar-refractivity contribution is 0.240. The lowest BCUT2D eigenvalue weighted by Crippen LogP contribution is -2.33. The lowest BCUT2D eigenvalue weighted by Gasteiger charge is -2.32. The van der Waals surface area contributed by atoms with E-state index in [0.29, 0.717) is 0 Å². The zero-order valence-corrected chi connectivity index (χ0v) is 15.6. The van der Waals surface area contributed by atoms with Crippen LogP contribution in [-0.2, 0) is 0 Å². The summed E-state index contributed by atoms with van der Waals surface area (Å²) in [5.74, 6) is 1.48. The van der Waals surface area contributed by atoms with Crippen molar-refractivity contribution in [2.24, 2.45) is 0 Å². The molecule has 2 aromatic carbocycles. The predicted octanol–water partition coefficient (Wildman–Crippen LogP) is 3.74. The third-order valence-corrected chi connectivity index (χ3v) is 5.01. The minimum atomic E-state index is 0.0911. The number of hydrogen-bond donors (Lipinski definition) is 1. The van der Waals surface area contributed by atoms with E-state index in [0.717, 1.165) is 60.2 Å². The summed E-state index contributed by atoms with van der Waals surface area (Å²) in [6, 6.07) is 14.3. The van der Waals surface area contributed by atoms with Gasteiger partial charge in [0.05, 0.1) is 20.3 Å². The second-order valence-electron chi connectivity index (χ2n) is 6.18. The maximum absolute atomic E-state index is 6.56. The Kier molecular flexibility index (Phi) is 6.19. The summed E-state index contributed by atoms with van der Waals surface area (Å²) < 4.78 is 10.9. The van der Waals surface area contributed by atoms with Crippen LogP contribution in [0.25, 0.3) is 0 Å². The van der Waals surface area contributed by atoms with Gasteiger partial charge in [0.2, 0.25) is 0 Å². The van der Waals surface area contributed by atoms with Crippen LogP contribution in [0, 0.1) is 0 Å². The van der Waals surface area contributed by atoms with Crippen molar-refractivity contribution < 1.29 is 9.47 Å². The highest BCUT2D eigenvalue weighted by molar-refractivity contribution is 6.31. The van der Waals surface area contributed by atoms with E-state index in [1.807, 2.05) is 24.3 Å². The molecule has 2 aromatic rings. The lowest BCUT2D eigenvalue weighted by atomic mass is 9.96. The summed E-state index contributed by atoms with van der Waals surface area (Å²) in [5, 5.41) is 4.26. The van der Waals surface area contributed by atoms with Crippen LogP contribution in [0.1, 0.15) is 23.6 Å². The van der Waals surface area contributed by atoms with Crippen LogP contribution in [0.4, 0.5) is 0 Å². The molecule has 1 unspecified atom stereocenters. The first kappa shape index (κ1) is 18.1. The first-order chi connectivity index (χ1) is 12.2. The van der Waals surface area contributed by atoms with Crippen LogP contribution in [0.2, 0.25) is 5.02 Å². The molecule has 1 saturated heterocycles. The summed E-state index contributed by atoms with van der Waals surface area (Å²) in [5.41, 5.74) is 2.28. The van der Waals surface area contributed by atoms with Crippen LogP contribution >= 0.6 is 11.6 Å². The molecule has 3 rings (SSSR count). The number of benzene rings is 2. The number of nitrogens with zero attached hydrogens (tertiary/aromatic N) is 1. The van der Waals surface area contributed by atoms with Crippen LogP contribution < -0.4 is 14.8 Å². The van der Waals surface area contributed by atoms with Gasteiger partial charge in [-0.25, -0.2) is 0 Å². The average molecular weight is 361 g/mol. The monoisotopic (exact) mass is 360 g/mol. The van der Waals surface area contributed by atoms with Gasteiger partial charge in [0.15, 0.2) is 11.5 Å². The van der Waals surface area contributed by atoms with E-state index >= 15 is 0 Å². The third kappa shape index (κ3) is 4.09. The molecule has 1 atom stereocenters. The second-order valence-corrected chi connectivity index (χ2v) is 6.59. The van der Waals surface area contributed by atoms with Crippen molar-refractivity contribution in [3.8, 4) is 11.5 Å².